The number of rotatable bonds is 5. The van der Waals surface area contributed by atoms with Gasteiger partial charge in [0.25, 0.3) is 15.7 Å². The molecule has 2 aromatic heterocycles. The summed E-state index contributed by atoms with van der Waals surface area (Å²) in [6, 6.07) is 1.58. The van der Waals surface area contributed by atoms with E-state index in [1.54, 1.807) is 18.5 Å². The number of aromatic nitrogens is 4. The predicted molar refractivity (Wildman–Crippen MR) is 97.6 cm³/mol. The molecule has 154 valence electrons. The zero-order valence-corrected chi connectivity index (χ0v) is 16.8. The molecule has 0 aliphatic heterocycles. The van der Waals surface area contributed by atoms with Crippen molar-refractivity contribution in [3.05, 3.63) is 52.5 Å². The van der Waals surface area contributed by atoms with Crippen molar-refractivity contribution in [3.63, 3.8) is 0 Å². The van der Waals surface area contributed by atoms with Crippen LogP contribution in [0.3, 0.4) is 0 Å². The van der Waals surface area contributed by atoms with Gasteiger partial charge in [-0.2, -0.15) is 23.0 Å². The SMILES string of the molecule is C[C@H](NC(=O)c1cc(Cl)cc(S(=O)(=O)C(F)(F)F)c1)c1ncnn1-c1nccs1. The Morgan fingerprint density at radius 2 is 2.00 bits per heavy atom. The summed E-state index contributed by atoms with van der Waals surface area (Å²) in [6.45, 7) is 1.57. The van der Waals surface area contributed by atoms with Gasteiger partial charge in [0, 0.05) is 22.2 Å². The topological polar surface area (TPSA) is 107 Å². The van der Waals surface area contributed by atoms with Gasteiger partial charge >= 0.3 is 5.51 Å². The molecule has 0 saturated carbocycles. The molecule has 3 rings (SSSR count). The van der Waals surface area contributed by atoms with Gasteiger partial charge in [-0.25, -0.2) is 18.4 Å². The van der Waals surface area contributed by atoms with E-state index in [-0.39, 0.29) is 10.6 Å². The Balaban J connectivity index is 1.88. The maximum absolute atomic E-state index is 12.8. The van der Waals surface area contributed by atoms with Crippen molar-refractivity contribution in [2.24, 2.45) is 0 Å². The van der Waals surface area contributed by atoms with Crippen LogP contribution in [0.2, 0.25) is 5.02 Å². The summed E-state index contributed by atoms with van der Waals surface area (Å²) in [4.78, 5) is 19.5. The minimum atomic E-state index is -5.66. The van der Waals surface area contributed by atoms with Gasteiger partial charge in [0.1, 0.15) is 6.33 Å². The first kappa shape index (κ1) is 21.2. The Hall–Kier alpha value is -2.51. The van der Waals surface area contributed by atoms with Crippen LogP contribution in [0.5, 0.6) is 0 Å². The highest BCUT2D eigenvalue weighted by molar-refractivity contribution is 7.92. The van der Waals surface area contributed by atoms with E-state index in [1.807, 2.05) is 0 Å². The van der Waals surface area contributed by atoms with Gasteiger partial charge in [0.2, 0.25) is 5.13 Å². The minimum Gasteiger partial charge on any atom is -0.342 e. The number of benzene rings is 1. The molecule has 0 radical (unpaired) electrons. The standard InChI is InChI=1S/C15H11ClF3N5O3S2/c1-8(12-21-7-22-24(12)14-20-2-3-28-14)23-13(25)9-4-10(16)6-11(5-9)29(26,27)15(17,18)19/h2-8H,1H3,(H,23,25)/t8-/m0/s1. The zero-order chi connectivity index (χ0) is 21.4. The second-order valence-corrected chi connectivity index (χ2v) is 8.92. The van der Waals surface area contributed by atoms with E-state index in [0.717, 1.165) is 6.07 Å². The van der Waals surface area contributed by atoms with Gasteiger partial charge in [-0.1, -0.05) is 11.6 Å². The molecule has 14 heteroatoms. The first-order valence-corrected chi connectivity index (χ1v) is 10.5. The molecule has 0 aliphatic rings. The maximum Gasteiger partial charge on any atom is 0.501 e. The van der Waals surface area contributed by atoms with Gasteiger partial charge in [-0.05, 0) is 25.1 Å². The second-order valence-electron chi connectivity index (χ2n) is 5.66. The summed E-state index contributed by atoms with van der Waals surface area (Å²) in [5, 5.41) is 8.44. The molecule has 0 spiro atoms. The fraction of sp³-hybridized carbons (Fsp3) is 0.200. The molecular weight excluding hydrogens is 455 g/mol. The van der Waals surface area contributed by atoms with Crippen molar-refractivity contribution in [1.82, 2.24) is 25.1 Å². The molecule has 1 atom stereocenters. The Labute approximate surface area is 171 Å². The zero-order valence-electron chi connectivity index (χ0n) is 14.4. The highest BCUT2D eigenvalue weighted by Gasteiger charge is 2.47. The lowest BCUT2D eigenvalue weighted by molar-refractivity contribution is -0.0436. The molecule has 3 aromatic rings. The Kier molecular flexibility index (Phi) is 5.65. The van der Waals surface area contributed by atoms with Crippen LogP contribution in [0.4, 0.5) is 13.2 Å². The summed E-state index contributed by atoms with van der Waals surface area (Å²) in [5.74, 6) is -0.522. The number of hydrogen-bond acceptors (Lipinski definition) is 7. The van der Waals surface area contributed by atoms with Crippen LogP contribution in [0, 0.1) is 0 Å². The molecule has 0 fully saturated rings. The van der Waals surface area contributed by atoms with Crippen LogP contribution in [0.15, 0.2) is 41.0 Å². The van der Waals surface area contributed by atoms with E-state index in [0.29, 0.717) is 23.1 Å². The van der Waals surface area contributed by atoms with Crippen LogP contribution in [0.25, 0.3) is 5.13 Å². The number of hydrogen-bond donors (Lipinski definition) is 1. The molecule has 1 aromatic carbocycles. The summed E-state index contributed by atoms with van der Waals surface area (Å²) in [6.07, 6.45) is 2.82. The molecule has 1 amide bonds. The predicted octanol–water partition coefficient (Wildman–Crippen LogP) is 3.16. The Morgan fingerprint density at radius 3 is 2.62 bits per heavy atom. The molecule has 8 nitrogen and oxygen atoms in total. The van der Waals surface area contributed by atoms with E-state index in [1.165, 1.54) is 22.3 Å². The minimum absolute atomic E-state index is 0.318. The van der Waals surface area contributed by atoms with E-state index >= 15 is 0 Å². The molecule has 0 bridgehead atoms. The summed E-state index contributed by atoms with van der Waals surface area (Å²) < 4.78 is 63.1. The number of nitrogens with zero attached hydrogens (tertiary/aromatic N) is 4. The van der Waals surface area contributed by atoms with E-state index < -0.39 is 32.2 Å². The average molecular weight is 466 g/mol. The van der Waals surface area contributed by atoms with E-state index in [4.69, 9.17) is 11.6 Å². The van der Waals surface area contributed by atoms with Crippen molar-refractivity contribution in [1.29, 1.82) is 0 Å². The molecule has 1 N–H and O–H groups in total. The number of thiazole rings is 1. The van der Waals surface area contributed by atoms with Crippen molar-refractivity contribution >= 4 is 38.7 Å². The molecule has 0 aliphatic carbocycles. The quantitative estimate of drug-likeness (QED) is 0.620. The van der Waals surface area contributed by atoms with Crippen molar-refractivity contribution in [3.8, 4) is 5.13 Å². The van der Waals surface area contributed by atoms with E-state index in [2.05, 4.69) is 20.4 Å². The molecular formula is C15H11ClF3N5O3S2. The van der Waals surface area contributed by atoms with Crippen LogP contribution in [-0.2, 0) is 9.84 Å². The third kappa shape index (κ3) is 4.26. The van der Waals surface area contributed by atoms with Crippen LogP contribution >= 0.6 is 22.9 Å². The molecule has 0 saturated heterocycles. The highest BCUT2D eigenvalue weighted by Crippen LogP contribution is 2.32. The number of carbonyl (C=O) groups is 1. The molecule has 2 heterocycles. The number of amides is 1. The maximum atomic E-state index is 12.8. The monoisotopic (exact) mass is 465 g/mol. The highest BCUT2D eigenvalue weighted by atomic mass is 35.5. The first-order valence-electron chi connectivity index (χ1n) is 7.73. The van der Waals surface area contributed by atoms with Crippen molar-refractivity contribution in [2.75, 3.05) is 0 Å². The summed E-state index contributed by atoms with van der Waals surface area (Å²) in [5.41, 5.74) is -5.88. The normalized spacial score (nSPS) is 13.3. The largest absolute Gasteiger partial charge is 0.501 e. The average Bonchev–Trinajstić information content (AvgIpc) is 3.31. The van der Waals surface area contributed by atoms with Crippen molar-refractivity contribution < 1.29 is 26.4 Å². The molecule has 29 heavy (non-hydrogen) atoms. The lowest BCUT2D eigenvalue weighted by Gasteiger charge is -2.15. The van der Waals surface area contributed by atoms with Crippen molar-refractivity contribution in [2.45, 2.75) is 23.4 Å². The third-order valence-corrected chi connectivity index (χ3v) is 6.09. The van der Waals surface area contributed by atoms with Gasteiger partial charge in [0.15, 0.2) is 5.82 Å². The first-order chi connectivity index (χ1) is 13.5. The van der Waals surface area contributed by atoms with Gasteiger partial charge in [0.05, 0.1) is 10.9 Å². The van der Waals surface area contributed by atoms with Gasteiger partial charge in [-0.15, -0.1) is 11.3 Å². The Bertz CT molecular complexity index is 1150. The fourth-order valence-corrected chi connectivity index (χ4v) is 4.08. The summed E-state index contributed by atoms with van der Waals surface area (Å²) in [7, 11) is -5.66. The van der Waals surface area contributed by atoms with Crippen LogP contribution in [0.1, 0.15) is 29.1 Å². The van der Waals surface area contributed by atoms with Crippen LogP contribution < -0.4 is 5.32 Å². The number of nitrogens with one attached hydrogen (secondary N) is 1. The number of sulfone groups is 1. The second kappa shape index (κ2) is 7.72. The summed E-state index contributed by atoms with van der Waals surface area (Å²) >= 11 is 7.02. The third-order valence-electron chi connectivity index (χ3n) is 3.66. The fourth-order valence-electron chi connectivity index (χ4n) is 2.34. The van der Waals surface area contributed by atoms with Gasteiger partial charge in [-0.3, -0.25) is 4.79 Å². The lowest BCUT2D eigenvalue weighted by Crippen LogP contribution is -2.29. The molecule has 0 unspecified atom stereocenters. The number of halogens is 4. The number of alkyl halides is 3. The van der Waals surface area contributed by atoms with Crippen LogP contribution in [-0.4, -0.2) is 39.6 Å². The lowest BCUT2D eigenvalue weighted by atomic mass is 10.2. The Morgan fingerprint density at radius 1 is 1.28 bits per heavy atom. The van der Waals surface area contributed by atoms with Gasteiger partial charge < -0.3 is 5.32 Å². The smallest absolute Gasteiger partial charge is 0.342 e. The number of carbonyl (C=O) groups excluding carboxylic acids is 1. The van der Waals surface area contributed by atoms with E-state index in [9.17, 15) is 26.4 Å².